The summed E-state index contributed by atoms with van der Waals surface area (Å²) in [5.41, 5.74) is 0.664. The van der Waals surface area contributed by atoms with E-state index in [4.69, 9.17) is 4.52 Å². The lowest BCUT2D eigenvalue weighted by Crippen LogP contribution is -2.48. The van der Waals surface area contributed by atoms with Crippen LogP contribution < -0.4 is 10.9 Å². The first-order chi connectivity index (χ1) is 17.1. The summed E-state index contributed by atoms with van der Waals surface area (Å²) in [4.78, 5) is 25.7. The van der Waals surface area contributed by atoms with E-state index < -0.39 is 22.5 Å². The Balaban J connectivity index is 1.68. The van der Waals surface area contributed by atoms with Crippen LogP contribution in [0.15, 0.2) is 82.1 Å². The number of hydrogen-bond acceptors (Lipinski definition) is 6. The van der Waals surface area contributed by atoms with Gasteiger partial charge < -0.3 is 20.1 Å². The van der Waals surface area contributed by atoms with Crippen LogP contribution in [0, 0.1) is 6.92 Å². The molecule has 0 radical (unpaired) electrons. The lowest BCUT2D eigenvalue weighted by atomic mass is 9.73. The molecule has 3 N–H and O–H groups in total. The molecule has 7 nitrogen and oxygen atoms in total. The minimum absolute atomic E-state index is 0.0819. The van der Waals surface area contributed by atoms with Crippen LogP contribution in [-0.4, -0.2) is 26.9 Å². The Kier molecular flexibility index (Phi) is 7.06. The van der Waals surface area contributed by atoms with Gasteiger partial charge in [-0.25, -0.2) is 4.79 Å². The fraction of sp³-hybridized carbons (Fsp3) is 0.276. The van der Waals surface area contributed by atoms with Gasteiger partial charge in [-0.05, 0) is 53.6 Å². The molecule has 0 fully saturated rings. The smallest absolute Gasteiger partial charge is 0.366 e. The van der Waals surface area contributed by atoms with Gasteiger partial charge in [0.05, 0.1) is 17.7 Å². The number of nitrogens with zero attached hydrogens (tertiary/aromatic N) is 1. The number of aliphatic hydroxyl groups is 2. The van der Waals surface area contributed by atoms with Gasteiger partial charge in [0, 0.05) is 17.5 Å². The Morgan fingerprint density at radius 2 is 1.64 bits per heavy atom. The Bertz CT molecular complexity index is 1430. The number of hydrogen-bond donors (Lipinski definition) is 3. The van der Waals surface area contributed by atoms with Gasteiger partial charge in [0.25, 0.3) is 5.91 Å². The number of amides is 1. The molecule has 4 rings (SSSR count). The average Bonchev–Trinajstić information content (AvgIpc) is 2.87. The van der Waals surface area contributed by atoms with Crippen LogP contribution in [0.5, 0.6) is 0 Å². The fourth-order valence-corrected chi connectivity index (χ4v) is 4.60. The van der Waals surface area contributed by atoms with Crippen molar-refractivity contribution >= 4 is 22.4 Å². The van der Waals surface area contributed by atoms with E-state index in [-0.39, 0.29) is 19.4 Å². The van der Waals surface area contributed by atoms with Crippen LogP contribution in [0.3, 0.4) is 0 Å². The number of anilines is 1. The van der Waals surface area contributed by atoms with E-state index in [0.717, 1.165) is 16.7 Å². The van der Waals surface area contributed by atoms with E-state index >= 15 is 0 Å². The molecule has 0 aliphatic heterocycles. The predicted octanol–water partition coefficient (Wildman–Crippen LogP) is 4.27. The van der Waals surface area contributed by atoms with E-state index in [1.165, 1.54) is 0 Å². The summed E-state index contributed by atoms with van der Waals surface area (Å²) in [5.74, 6) is -0.550. The SMILES string of the molecule is Cc1noc(=O)c2ccc(NC(=O)C(O)(Cc3ccc(CO)cc3)CC(C)(C)c3ccccc3)cc12. The van der Waals surface area contributed by atoms with Gasteiger partial charge in [0.2, 0.25) is 0 Å². The zero-order valence-corrected chi connectivity index (χ0v) is 20.6. The third kappa shape index (κ3) is 5.37. The molecule has 0 bridgehead atoms. The number of aliphatic hydroxyl groups excluding tert-OH is 1. The second-order valence-corrected chi connectivity index (χ2v) is 9.88. The molecule has 0 saturated heterocycles. The van der Waals surface area contributed by atoms with Crippen molar-refractivity contribution in [3.05, 3.63) is 106 Å². The number of carbonyl (C=O) groups excluding carboxylic acids is 1. The second kappa shape index (κ2) is 10.0. The van der Waals surface area contributed by atoms with Crippen molar-refractivity contribution < 1.29 is 19.5 Å². The summed E-state index contributed by atoms with van der Waals surface area (Å²) < 4.78 is 4.78. The topological polar surface area (TPSA) is 113 Å². The number of rotatable bonds is 8. The van der Waals surface area contributed by atoms with Gasteiger partial charge >= 0.3 is 5.63 Å². The third-order valence-electron chi connectivity index (χ3n) is 6.57. The van der Waals surface area contributed by atoms with E-state index in [1.54, 1.807) is 37.3 Å². The van der Waals surface area contributed by atoms with Gasteiger partial charge in [-0.3, -0.25) is 4.79 Å². The van der Waals surface area contributed by atoms with Crippen LogP contribution in [0.4, 0.5) is 5.69 Å². The van der Waals surface area contributed by atoms with Crippen LogP contribution in [-0.2, 0) is 23.2 Å². The molecule has 3 aromatic carbocycles. The van der Waals surface area contributed by atoms with Gasteiger partial charge in [0.15, 0.2) is 0 Å². The van der Waals surface area contributed by atoms with Crippen molar-refractivity contribution in [1.29, 1.82) is 0 Å². The molecule has 186 valence electrons. The maximum Gasteiger partial charge on any atom is 0.366 e. The minimum Gasteiger partial charge on any atom is -0.392 e. The highest BCUT2D eigenvalue weighted by molar-refractivity contribution is 5.99. The Morgan fingerprint density at radius 3 is 2.31 bits per heavy atom. The van der Waals surface area contributed by atoms with Crippen molar-refractivity contribution in [2.75, 3.05) is 5.32 Å². The maximum atomic E-state index is 13.7. The Hall–Kier alpha value is -3.81. The van der Waals surface area contributed by atoms with Crippen molar-refractivity contribution in [3.8, 4) is 0 Å². The predicted molar refractivity (Wildman–Crippen MR) is 139 cm³/mol. The molecule has 1 heterocycles. The van der Waals surface area contributed by atoms with E-state index in [9.17, 15) is 19.8 Å². The Labute approximate surface area is 209 Å². The van der Waals surface area contributed by atoms with Crippen molar-refractivity contribution in [2.24, 2.45) is 0 Å². The maximum absolute atomic E-state index is 13.7. The van der Waals surface area contributed by atoms with Crippen LogP contribution >= 0.6 is 0 Å². The number of carbonyl (C=O) groups is 1. The van der Waals surface area contributed by atoms with Gasteiger partial charge in [0.1, 0.15) is 5.60 Å². The summed E-state index contributed by atoms with van der Waals surface area (Å²) in [6.45, 7) is 5.63. The molecular formula is C29H30N2O5. The molecule has 0 saturated carbocycles. The highest BCUT2D eigenvalue weighted by Gasteiger charge is 2.42. The zero-order chi connectivity index (χ0) is 25.9. The first-order valence-corrected chi connectivity index (χ1v) is 11.8. The molecule has 4 aromatic rings. The summed E-state index contributed by atoms with van der Waals surface area (Å²) in [7, 11) is 0. The van der Waals surface area contributed by atoms with Crippen LogP contribution in [0.2, 0.25) is 0 Å². The number of benzene rings is 3. The number of aromatic nitrogens is 1. The molecular weight excluding hydrogens is 456 g/mol. The number of aryl methyl sites for hydroxylation is 1. The quantitative estimate of drug-likeness (QED) is 0.343. The van der Waals surface area contributed by atoms with Crippen LogP contribution in [0.1, 0.15) is 42.7 Å². The highest BCUT2D eigenvalue weighted by atomic mass is 16.5. The normalized spacial score (nSPS) is 13.4. The van der Waals surface area contributed by atoms with Crippen LogP contribution in [0.25, 0.3) is 10.8 Å². The second-order valence-electron chi connectivity index (χ2n) is 9.88. The van der Waals surface area contributed by atoms with Crippen molar-refractivity contribution in [2.45, 2.75) is 51.2 Å². The molecule has 1 unspecified atom stereocenters. The van der Waals surface area contributed by atoms with E-state index in [2.05, 4.69) is 10.5 Å². The summed E-state index contributed by atoms with van der Waals surface area (Å²) in [6, 6.07) is 21.8. The zero-order valence-electron chi connectivity index (χ0n) is 20.6. The molecule has 7 heteroatoms. The number of nitrogens with one attached hydrogen (secondary N) is 1. The van der Waals surface area contributed by atoms with Gasteiger partial charge in [-0.15, -0.1) is 0 Å². The number of fused-ring (bicyclic) bond motifs is 1. The van der Waals surface area contributed by atoms with Crippen molar-refractivity contribution in [1.82, 2.24) is 5.16 Å². The molecule has 0 aliphatic carbocycles. The average molecular weight is 487 g/mol. The highest BCUT2D eigenvalue weighted by Crippen LogP contribution is 2.35. The van der Waals surface area contributed by atoms with Gasteiger partial charge in [-0.1, -0.05) is 73.6 Å². The molecule has 0 aliphatic rings. The monoisotopic (exact) mass is 486 g/mol. The molecule has 1 atom stereocenters. The van der Waals surface area contributed by atoms with E-state index in [1.807, 2.05) is 56.3 Å². The summed E-state index contributed by atoms with van der Waals surface area (Å²) in [5, 5.41) is 28.8. The van der Waals surface area contributed by atoms with Crippen molar-refractivity contribution in [3.63, 3.8) is 0 Å². The largest absolute Gasteiger partial charge is 0.392 e. The standard InChI is InChI=1S/C29H30N2O5/c1-19-25-15-23(13-14-24(25)26(33)36-31-19)30-27(34)29(35,16-20-9-11-21(17-32)12-10-20)18-28(2,3)22-7-5-4-6-8-22/h4-15,32,35H,16-18H2,1-3H3,(H,30,34). The lowest BCUT2D eigenvalue weighted by Gasteiger charge is -2.36. The first-order valence-electron chi connectivity index (χ1n) is 11.8. The minimum atomic E-state index is -1.75. The first kappa shape index (κ1) is 25.3. The molecule has 0 spiro atoms. The third-order valence-corrected chi connectivity index (χ3v) is 6.57. The lowest BCUT2D eigenvalue weighted by molar-refractivity contribution is -0.136. The molecule has 36 heavy (non-hydrogen) atoms. The Morgan fingerprint density at radius 1 is 0.972 bits per heavy atom. The molecule has 1 amide bonds. The van der Waals surface area contributed by atoms with Gasteiger partial charge in [-0.2, -0.15) is 0 Å². The summed E-state index contributed by atoms with van der Waals surface area (Å²) in [6.07, 6.45) is 0.244. The molecule has 1 aromatic heterocycles. The fourth-order valence-electron chi connectivity index (χ4n) is 4.60. The summed E-state index contributed by atoms with van der Waals surface area (Å²) >= 11 is 0. The van der Waals surface area contributed by atoms with E-state index in [0.29, 0.717) is 22.2 Å².